The van der Waals surface area contributed by atoms with Gasteiger partial charge in [0.2, 0.25) is 0 Å². The predicted molar refractivity (Wildman–Crippen MR) is 68.2 cm³/mol. The van der Waals surface area contributed by atoms with E-state index >= 15 is 0 Å². The molecule has 4 nitrogen and oxygen atoms in total. The normalized spacial score (nSPS) is 12.4. The van der Waals surface area contributed by atoms with Gasteiger partial charge in [0.05, 0.1) is 32.1 Å². The largest absolute Gasteiger partial charge is 0.495 e. The zero-order chi connectivity index (χ0) is 12.7. The molecule has 0 fully saturated rings. The summed E-state index contributed by atoms with van der Waals surface area (Å²) in [5, 5.41) is 0. The lowest BCUT2D eigenvalue weighted by molar-refractivity contribution is -0.0116. The summed E-state index contributed by atoms with van der Waals surface area (Å²) in [5.74, 6) is 0.691. The van der Waals surface area contributed by atoms with E-state index in [1.807, 2.05) is 32.0 Å². The molecule has 0 bridgehead atoms. The van der Waals surface area contributed by atoms with E-state index in [-0.39, 0.29) is 6.10 Å². The first-order valence-corrected chi connectivity index (χ1v) is 5.79. The molecule has 1 rings (SSSR count). The fourth-order valence-electron chi connectivity index (χ4n) is 1.44. The molecule has 17 heavy (non-hydrogen) atoms. The Kier molecular flexibility index (Phi) is 5.80. The molecule has 0 heterocycles. The van der Waals surface area contributed by atoms with Crippen LogP contribution in [0.1, 0.15) is 19.4 Å². The number of nitrogens with two attached hydrogens (primary N) is 1. The van der Waals surface area contributed by atoms with E-state index in [4.69, 9.17) is 19.9 Å². The standard InChI is InChI=1S/C13H21NO3/c1-4-16-8-10(2)17-9-11-5-6-13(15-3)12(14)7-11/h5-7,10H,4,8-9,14H2,1-3H3. The molecule has 0 aliphatic carbocycles. The summed E-state index contributed by atoms with van der Waals surface area (Å²) in [6.45, 7) is 5.81. The van der Waals surface area contributed by atoms with Gasteiger partial charge in [-0.25, -0.2) is 0 Å². The summed E-state index contributed by atoms with van der Waals surface area (Å²) in [5.41, 5.74) is 7.48. The Morgan fingerprint density at radius 3 is 2.71 bits per heavy atom. The van der Waals surface area contributed by atoms with Crippen LogP contribution in [0.5, 0.6) is 5.75 Å². The van der Waals surface area contributed by atoms with Crippen LogP contribution in [0, 0.1) is 0 Å². The van der Waals surface area contributed by atoms with Crippen LogP contribution in [0.2, 0.25) is 0 Å². The summed E-state index contributed by atoms with van der Waals surface area (Å²) < 4.78 is 16.0. The van der Waals surface area contributed by atoms with Crippen LogP contribution in [0.4, 0.5) is 5.69 Å². The Hall–Kier alpha value is -1.26. The lowest BCUT2D eigenvalue weighted by atomic mass is 10.2. The molecule has 0 saturated carbocycles. The molecule has 1 unspecified atom stereocenters. The second kappa shape index (κ2) is 7.14. The van der Waals surface area contributed by atoms with Gasteiger partial charge in [0.1, 0.15) is 5.75 Å². The molecule has 0 radical (unpaired) electrons. The fourth-order valence-corrected chi connectivity index (χ4v) is 1.44. The molecule has 1 aromatic carbocycles. The average Bonchev–Trinajstić information content (AvgIpc) is 2.34. The first kappa shape index (κ1) is 13.8. The van der Waals surface area contributed by atoms with E-state index in [1.165, 1.54) is 0 Å². The van der Waals surface area contributed by atoms with Crippen LogP contribution < -0.4 is 10.5 Å². The van der Waals surface area contributed by atoms with Crippen molar-refractivity contribution in [2.24, 2.45) is 0 Å². The summed E-state index contributed by atoms with van der Waals surface area (Å²) in [7, 11) is 1.60. The highest BCUT2D eigenvalue weighted by atomic mass is 16.5. The number of hydrogen-bond acceptors (Lipinski definition) is 4. The monoisotopic (exact) mass is 239 g/mol. The minimum absolute atomic E-state index is 0.0817. The number of hydrogen-bond donors (Lipinski definition) is 1. The SMILES string of the molecule is CCOCC(C)OCc1ccc(OC)c(N)c1. The fraction of sp³-hybridized carbons (Fsp3) is 0.538. The minimum atomic E-state index is 0.0817. The van der Waals surface area contributed by atoms with E-state index in [1.54, 1.807) is 7.11 Å². The number of methoxy groups -OCH3 is 1. The van der Waals surface area contributed by atoms with Gasteiger partial charge in [0.15, 0.2) is 0 Å². The lowest BCUT2D eigenvalue weighted by Crippen LogP contribution is -2.15. The van der Waals surface area contributed by atoms with Crippen molar-refractivity contribution >= 4 is 5.69 Å². The maximum atomic E-state index is 5.81. The van der Waals surface area contributed by atoms with E-state index in [0.717, 1.165) is 5.56 Å². The highest BCUT2D eigenvalue weighted by Gasteiger charge is 2.04. The van der Waals surface area contributed by atoms with Crippen molar-refractivity contribution in [3.63, 3.8) is 0 Å². The van der Waals surface area contributed by atoms with E-state index in [9.17, 15) is 0 Å². The number of anilines is 1. The highest BCUT2D eigenvalue weighted by molar-refractivity contribution is 5.54. The number of rotatable bonds is 7. The van der Waals surface area contributed by atoms with Gasteiger partial charge >= 0.3 is 0 Å². The Balaban J connectivity index is 2.44. The van der Waals surface area contributed by atoms with Crippen LogP contribution in [0.3, 0.4) is 0 Å². The molecule has 0 spiro atoms. The quantitative estimate of drug-likeness (QED) is 0.741. The topological polar surface area (TPSA) is 53.7 Å². The molecule has 1 aromatic rings. The third-order valence-corrected chi connectivity index (χ3v) is 2.39. The average molecular weight is 239 g/mol. The third-order valence-electron chi connectivity index (χ3n) is 2.39. The van der Waals surface area contributed by atoms with E-state index in [2.05, 4.69) is 0 Å². The Bertz CT molecular complexity index is 341. The molecule has 4 heteroatoms. The molecule has 0 aliphatic rings. The molecule has 0 aliphatic heterocycles. The van der Waals surface area contributed by atoms with Gasteiger partial charge in [-0.3, -0.25) is 0 Å². The second-order valence-corrected chi connectivity index (χ2v) is 3.86. The molecule has 0 saturated heterocycles. The summed E-state index contributed by atoms with van der Waals surface area (Å²) >= 11 is 0. The van der Waals surface area contributed by atoms with Crippen LogP contribution in [0.25, 0.3) is 0 Å². The number of ether oxygens (including phenoxy) is 3. The Morgan fingerprint density at radius 1 is 1.35 bits per heavy atom. The molecule has 2 N–H and O–H groups in total. The summed E-state index contributed by atoms with van der Waals surface area (Å²) in [6.07, 6.45) is 0.0817. The van der Waals surface area contributed by atoms with Crippen molar-refractivity contribution in [2.45, 2.75) is 26.6 Å². The van der Waals surface area contributed by atoms with Gasteiger partial charge in [-0.15, -0.1) is 0 Å². The van der Waals surface area contributed by atoms with Crippen LogP contribution in [0.15, 0.2) is 18.2 Å². The first-order valence-electron chi connectivity index (χ1n) is 5.79. The Labute approximate surface area is 103 Å². The smallest absolute Gasteiger partial charge is 0.141 e. The van der Waals surface area contributed by atoms with Crippen molar-refractivity contribution in [1.29, 1.82) is 0 Å². The zero-order valence-electron chi connectivity index (χ0n) is 10.7. The van der Waals surface area contributed by atoms with E-state index < -0.39 is 0 Å². The van der Waals surface area contributed by atoms with Crippen molar-refractivity contribution in [3.05, 3.63) is 23.8 Å². The first-order chi connectivity index (χ1) is 8.17. The highest BCUT2D eigenvalue weighted by Crippen LogP contribution is 2.22. The Morgan fingerprint density at radius 2 is 2.12 bits per heavy atom. The minimum Gasteiger partial charge on any atom is -0.495 e. The third kappa shape index (κ3) is 4.63. The lowest BCUT2D eigenvalue weighted by Gasteiger charge is -2.13. The van der Waals surface area contributed by atoms with E-state index in [0.29, 0.717) is 31.3 Å². The molecule has 96 valence electrons. The van der Waals surface area contributed by atoms with Gasteiger partial charge in [0.25, 0.3) is 0 Å². The molecule has 0 amide bonds. The maximum Gasteiger partial charge on any atom is 0.141 e. The van der Waals surface area contributed by atoms with Crippen molar-refractivity contribution < 1.29 is 14.2 Å². The summed E-state index contributed by atoms with van der Waals surface area (Å²) in [6, 6.07) is 5.66. The molecular formula is C13H21NO3. The van der Waals surface area contributed by atoms with Gasteiger partial charge in [-0.05, 0) is 31.5 Å². The van der Waals surface area contributed by atoms with Gasteiger partial charge < -0.3 is 19.9 Å². The van der Waals surface area contributed by atoms with Gasteiger partial charge in [-0.2, -0.15) is 0 Å². The van der Waals surface area contributed by atoms with Gasteiger partial charge in [0, 0.05) is 6.61 Å². The number of nitrogen functional groups attached to an aromatic ring is 1. The zero-order valence-corrected chi connectivity index (χ0v) is 10.7. The molecule has 1 atom stereocenters. The number of benzene rings is 1. The molecule has 0 aromatic heterocycles. The molecular weight excluding hydrogens is 218 g/mol. The van der Waals surface area contributed by atoms with Crippen LogP contribution in [-0.4, -0.2) is 26.4 Å². The maximum absolute atomic E-state index is 5.81. The van der Waals surface area contributed by atoms with Crippen LogP contribution >= 0.6 is 0 Å². The van der Waals surface area contributed by atoms with Crippen LogP contribution in [-0.2, 0) is 16.1 Å². The van der Waals surface area contributed by atoms with Gasteiger partial charge in [-0.1, -0.05) is 6.07 Å². The van der Waals surface area contributed by atoms with Crippen molar-refractivity contribution in [1.82, 2.24) is 0 Å². The second-order valence-electron chi connectivity index (χ2n) is 3.86. The summed E-state index contributed by atoms with van der Waals surface area (Å²) in [4.78, 5) is 0. The van der Waals surface area contributed by atoms with Crippen molar-refractivity contribution in [3.8, 4) is 5.75 Å². The van der Waals surface area contributed by atoms with Crippen molar-refractivity contribution in [2.75, 3.05) is 26.1 Å². The predicted octanol–water partition coefficient (Wildman–Crippen LogP) is 2.22.